The van der Waals surface area contributed by atoms with E-state index >= 15 is 0 Å². The molecule has 0 atom stereocenters. The summed E-state index contributed by atoms with van der Waals surface area (Å²) in [6, 6.07) is 3.01. The van der Waals surface area contributed by atoms with Gasteiger partial charge in [-0.1, -0.05) is 65.2 Å². The summed E-state index contributed by atoms with van der Waals surface area (Å²) in [5.74, 6) is 1.17. The molecule has 0 aromatic carbocycles. The lowest BCUT2D eigenvalue weighted by molar-refractivity contribution is 0.0830. The molecule has 4 nitrogen and oxygen atoms in total. The minimum absolute atomic E-state index is 0.0469. The third-order valence-corrected chi connectivity index (χ3v) is 4.14. The van der Waals surface area contributed by atoms with Gasteiger partial charge in [-0.25, -0.2) is 0 Å². The minimum Gasteiger partial charge on any atom is -0.461 e. The highest BCUT2D eigenvalue weighted by Gasteiger charge is 2.03. The van der Waals surface area contributed by atoms with Crippen molar-refractivity contribution in [1.29, 1.82) is 0 Å². The zero-order valence-electron chi connectivity index (χ0n) is 16.2. The van der Waals surface area contributed by atoms with Crippen LogP contribution in [0.3, 0.4) is 0 Å². The van der Waals surface area contributed by atoms with Gasteiger partial charge in [0.25, 0.3) is 0 Å². The first kappa shape index (κ1) is 21.9. The maximum atomic E-state index is 11.8. The van der Waals surface area contributed by atoms with Crippen molar-refractivity contribution in [2.75, 3.05) is 13.2 Å². The SMILES string of the molecule is CCCCCCCOCc1cc(=O)cc(COCCCCCCC)o1. The summed E-state index contributed by atoms with van der Waals surface area (Å²) < 4.78 is 16.9. The summed E-state index contributed by atoms with van der Waals surface area (Å²) in [6.07, 6.45) is 12.1. The van der Waals surface area contributed by atoms with Crippen LogP contribution < -0.4 is 5.43 Å². The molecule has 0 spiro atoms. The predicted octanol–water partition coefficient (Wildman–Crippen LogP) is 5.61. The van der Waals surface area contributed by atoms with E-state index in [9.17, 15) is 4.79 Å². The van der Waals surface area contributed by atoms with Crippen LogP contribution in [0.2, 0.25) is 0 Å². The Morgan fingerprint density at radius 1 is 0.720 bits per heavy atom. The van der Waals surface area contributed by atoms with Gasteiger partial charge in [0.2, 0.25) is 0 Å². The lowest BCUT2D eigenvalue weighted by atomic mass is 10.2. The van der Waals surface area contributed by atoms with E-state index in [0.717, 1.165) is 12.8 Å². The van der Waals surface area contributed by atoms with Gasteiger partial charge in [0.1, 0.15) is 24.7 Å². The maximum absolute atomic E-state index is 11.8. The average Bonchev–Trinajstić information content (AvgIpc) is 2.60. The van der Waals surface area contributed by atoms with Gasteiger partial charge in [0, 0.05) is 25.3 Å². The van der Waals surface area contributed by atoms with E-state index in [1.165, 1.54) is 63.5 Å². The van der Waals surface area contributed by atoms with Crippen molar-refractivity contribution in [3.05, 3.63) is 33.9 Å². The second-order valence-electron chi connectivity index (χ2n) is 6.66. The Kier molecular flexibility index (Phi) is 13.3. The zero-order chi connectivity index (χ0) is 18.2. The Hall–Kier alpha value is -1.13. The van der Waals surface area contributed by atoms with Gasteiger partial charge >= 0.3 is 0 Å². The number of hydrogen-bond acceptors (Lipinski definition) is 4. The van der Waals surface area contributed by atoms with Crippen molar-refractivity contribution in [2.24, 2.45) is 0 Å². The Balaban J connectivity index is 2.20. The van der Waals surface area contributed by atoms with Crippen LogP contribution in [0.15, 0.2) is 21.3 Å². The fourth-order valence-corrected chi connectivity index (χ4v) is 2.69. The number of hydrogen-bond donors (Lipinski definition) is 0. The van der Waals surface area contributed by atoms with Gasteiger partial charge in [0.15, 0.2) is 5.43 Å². The molecule has 25 heavy (non-hydrogen) atoms. The maximum Gasteiger partial charge on any atom is 0.185 e. The Morgan fingerprint density at radius 2 is 1.16 bits per heavy atom. The summed E-state index contributed by atoms with van der Waals surface area (Å²) >= 11 is 0. The molecule has 0 radical (unpaired) electrons. The normalized spacial score (nSPS) is 11.1. The highest BCUT2D eigenvalue weighted by molar-refractivity contribution is 5.05. The molecule has 1 rings (SSSR count). The fourth-order valence-electron chi connectivity index (χ4n) is 2.69. The number of ether oxygens (including phenoxy) is 2. The highest BCUT2D eigenvalue weighted by Crippen LogP contribution is 2.08. The molecule has 0 aliphatic rings. The van der Waals surface area contributed by atoms with Crippen LogP contribution >= 0.6 is 0 Å². The molecule has 0 N–H and O–H groups in total. The van der Waals surface area contributed by atoms with Crippen LogP contribution in [0.1, 0.15) is 89.6 Å². The second kappa shape index (κ2) is 15.2. The summed E-state index contributed by atoms with van der Waals surface area (Å²) in [4.78, 5) is 11.8. The first-order valence-electron chi connectivity index (χ1n) is 10.0. The van der Waals surface area contributed by atoms with E-state index in [1.807, 2.05) is 0 Å². The van der Waals surface area contributed by atoms with Crippen LogP contribution in [0.4, 0.5) is 0 Å². The monoisotopic (exact) mass is 352 g/mol. The third kappa shape index (κ3) is 12.0. The van der Waals surface area contributed by atoms with Crippen LogP contribution in [0, 0.1) is 0 Å². The standard InChI is InChI=1S/C21H36O4/c1-3-5-7-9-11-13-23-17-20-15-19(22)16-21(25-20)18-24-14-12-10-8-6-4-2/h15-16H,3-14,17-18H2,1-2H3. The molecule has 0 saturated heterocycles. The van der Waals surface area contributed by atoms with Crippen molar-refractivity contribution < 1.29 is 13.9 Å². The Labute approximate surface area is 152 Å². The Bertz CT molecular complexity index is 442. The minimum atomic E-state index is -0.0469. The van der Waals surface area contributed by atoms with Gasteiger partial charge in [-0.3, -0.25) is 4.79 Å². The van der Waals surface area contributed by atoms with E-state index in [1.54, 1.807) is 0 Å². The van der Waals surface area contributed by atoms with E-state index in [-0.39, 0.29) is 5.43 Å². The lowest BCUT2D eigenvalue weighted by Gasteiger charge is -2.07. The number of unbranched alkanes of at least 4 members (excludes halogenated alkanes) is 8. The Morgan fingerprint density at radius 3 is 1.60 bits per heavy atom. The fraction of sp³-hybridized carbons (Fsp3) is 0.762. The van der Waals surface area contributed by atoms with Crippen LogP contribution in [0.25, 0.3) is 0 Å². The van der Waals surface area contributed by atoms with Crippen LogP contribution in [0.5, 0.6) is 0 Å². The molecular formula is C21H36O4. The highest BCUT2D eigenvalue weighted by atomic mass is 16.5. The summed E-state index contributed by atoms with van der Waals surface area (Å²) in [7, 11) is 0. The molecule has 0 fully saturated rings. The molecule has 0 unspecified atom stereocenters. The third-order valence-electron chi connectivity index (χ3n) is 4.14. The molecule has 0 aliphatic carbocycles. The second-order valence-corrected chi connectivity index (χ2v) is 6.66. The molecule has 1 heterocycles. The van der Waals surface area contributed by atoms with Crippen molar-refractivity contribution in [2.45, 2.75) is 91.3 Å². The molecule has 144 valence electrons. The quantitative estimate of drug-likeness (QED) is 0.363. The molecule has 0 aliphatic heterocycles. The average molecular weight is 353 g/mol. The molecule has 1 aromatic heterocycles. The van der Waals surface area contributed by atoms with Crippen molar-refractivity contribution in [3.63, 3.8) is 0 Å². The van der Waals surface area contributed by atoms with E-state index in [0.29, 0.717) is 37.9 Å². The molecular weight excluding hydrogens is 316 g/mol. The predicted molar refractivity (Wildman–Crippen MR) is 102 cm³/mol. The van der Waals surface area contributed by atoms with Gasteiger partial charge in [-0.05, 0) is 12.8 Å². The molecule has 1 aromatic rings. The first-order valence-corrected chi connectivity index (χ1v) is 10.0. The molecule has 4 heteroatoms. The molecule has 0 amide bonds. The summed E-state index contributed by atoms with van der Waals surface area (Å²) in [5, 5.41) is 0. The molecule has 0 saturated carbocycles. The smallest absolute Gasteiger partial charge is 0.185 e. The molecule has 0 bridgehead atoms. The van der Waals surface area contributed by atoms with Crippen molar-refractivity contribution >= 4 is 0 Å². The van der Waals surface area contributed by atoms with Gasteiger partial charge < -0.3 is 13.9 Å². The van der Waals surface area contributed by atoms with E-state index in [4.69, 9.17) is 13.9 Å². The van der Waals surface area contributed by atoms with Gasteiger partial charge in [0.05, 0.1) is 0 Å². The topological polar surface area (TPSA) is 48.7 Å². The summed E-state index contributed by atoms with van der Waals surface area (Å²) in [6.45, 7) is 6.56. The lowest BCUT2D eigenvalue weighted by Crippen LogP contribution is -2.06. The van der Waals surface area contributed by atoms with Gasteiger partial charge in [-0.2, -0.15) is 0 Å². The number of rotatable bonds is 16. The largest absolute Gasteiger partial charge is 0.461 e. The van der Waals surface area contributed by atoms with Gasteiger partial charge in [-0.15, -0.1) is 0 Å². The van der Waals surface area contributed by atoms with E-state index in [2.05, 4.69) is 13.8 Å². The summed E-state index contributed by atoms with van der Waals surface area (Å²) in [5.41, 5.74) is -0.0469. The van der Waals surface area contributed by atoms with Crippen LogP contribution in [-0.4, -0.2) is 13.2 Å². The van der Waals surface area contributed by atoms with E-state index < -0.39 is 0 Å². The van der Waals surface area contributed by atoms with Crippen molar-refractivity contribution in [3.8, 4) is 0 Å². The van der Waals surface area contributed by atoms with Crippen LogP contribution in [-0.2, 0) is 22.7 Å². The first-order chi connectivity index (χ1) is 12.3. The zero-order valence-corrected chi connectivity index (χ0v) is 16.2. The van der Waals surface area contributed by atoms with Crippen molar-refractivity contribution in [1.82, 2.24) is 0 Å².